The van der Waals surface area contributed by atoms with Crippen LogP contribution in [0.3, 0.4) is 0 Å². The fraction of sp³-hybridized carbons (Fsp3) is 0.750. The van der Waals surface area contributed by atoms with Crippen LogP contribution in [0.2, 0.25) is 0 Å². The van der Waals surface area contributed by atoms with Crippen LogP contribution in [0.1, 0.15) is 39.5 Å². The molecule has 0 fully saturated rings. The maximum absolute atomic E-state index is 10.2. The van der Waals surface area contributed by atoms with Crippen LogP contribution in [0.15, 0.2) is 12.2 Å². The van der Waals surface area contributed by atoms with E-state index in [0.29, 0.717) is 5.92 Å². The first-order valence-corrected chi connectivity index (χ1v) is 5.41. The normalized spacial score (nSPS) is 15.6. The summed E-state index contributed by atoms with van der Waals surface area (Å²) in [6, 6.07) is 0. The second-order valence-electron chi connectivity index (χ2n) is 3.65. The number of ether oxygens (including phenoxy) is 1. The molecule has 2 unspecified atom stereocenters. The lowest BCUT2D eigenvalue weighted by Crippen LogP contribution is -2.18. The van der Waals surface area contributed by atoms with Crippen LogP contribution in [0.4, 0.5) is 0 Å². The van der Waals surface area contributed by atoms with Gasteiger partial charge in [-0.15, -0.1) is 0 Å². The van der Waals surface area contributed by atoms with Crippen LogP contribution in [0, 0.1) is 5.92 Å². The number of carbonyl (C=O) groups is 1. The minimum absolute atomic E-state index is 0.248. The number of carbonyl (C=O) groups excluding carboxylic acids is 1. The van der Waals surface area contributed by atoms with Gasteiger partial charge in [0.2, 0.25) is 0 Å². The molecule has 82 valence electrons. The minimum atomic E-state index is 0.248. The van der Waals surface area contributed by atoms with Gasteiger partial charge in [0, 0.05) is 13.0 Å². The van der Waals surface area contributed by atoms with Gasteiger partial charge in [-0.3, -0.25) is 4.79 Å². The fourth-order valence-electron chi connectivity index (χ4n) is 1.54. The van der Waals surface area contributed by atoms with Gasteiger partial charge in [-0.1, -0.05) is 39.2 Å². The molecule has 0 heterocycles. The van der Waals surface area contributed by atoms with Crippen molar-refractivity contribution in [3.05, 3.63) is 12.2 Å². The second-order valence-corrected chi connectivity index (χ2v) is 3.65. The van der Waals surface area contributed by atoms with Crippen LogP contribution in [-0.2, 0) is 9.53 Å². The molecule has 0 spiro atoms. The minimum Gasteiger partial charge on any atom is -0.381 e. The van der Waals surface area contributed by atoms with E-state index in [4.69, 9.17) is 4.74 Å². The summed E-state index contributed by atoms with van der Waals surface area (Å²) in [7, 11) is 1.74. The van der Waals surface area contributed by atoms with Gasteiger partial charge >= 0.3 is 0 Å². The molecule has 2 heteroatoms. The molecule has 2 atom stereocenters. The summed E-state index contributed by atoms with van der Waals surface area (Å²) in [5.41, 5.74) is 0. The lowest BCUT2D eigenvalue weighted by Gasteiger charge is -2.19. The van der Waals surface area contributed by atoms with Crippen molar-refractivity contribution >= 4 is 6.29 Å². The van der Waals surface area contributed by atoms with E-state index in [1.807, 2.05) is 6.08 Å². The van der Waals surface area contributed by atoms with E-state index in [1.54, 1.807) is 13.2 Å². The highest BCUT2D eigenvalue weighted by atomic mass is 16.5. The van der Waals surface area contributed by atoms with Crippen molar-refractivity contribution in [3.63, 3.8) is 0 Å². The van der Waals surface area contributed by atoms with E-state index in [2.05, 4.69) is 13.8 Å². The number of unbranched alkanes of at least 4 members (excludes halogenated alkanes) is 2. The topological polar surface area (TPSA) is 26.3 Å². The predicted octanol–water partition coefficient (Wildman–Crippen LogP) is 2.97. The first-order chi connectivity index (χ1) is 6.76. The number of rotatable bonds is 8. The van der Waals surface area contributed by atoms with E-state index >= 15 is 0 Å². The van der Waals surface area contributed by atoms with E-state index in [0.717, 1.165) is 12.7 Å². The molecule has 0 bridgehead atoms. The molecule has 0 aliphatic heterocycles. The molecule has 0 aromatic rings. The zero-order valence-corrected chi connectivity index (χ0v) is 9.53. The average molecular weight is 198 g/mol. The number of methoxy groups -OCH3 is 1. The van der Waals surface area contributed by atoms with E-state index < -0.39 is 0 Å². The Labute approximate surface area is 87.3 Å². The van der Waals surface area contributed by atoms with Crippen LogP contribution in [0.25, 0.3) is 0 Å². The zero-order valence-electron chi connectivity index (χ0n) is 9.53. The highest BCUT2D eigenvalue weighted by Crippen LogP contribution is 2.15. The Morgan fingerprint density at radius 3 is 2.57 bits per heavy atom. The number of hydrogen-bond donors (Lipinski definition) is 0. The van der Waals surface area contributed by atoms with Crippen LogP contribution < -0.4 is 0 Å². The molecular weight excluding hydrogens is 176 g/mol. The third-order valence-corrected chi connectivity index (χ3v) is 2.47. The summed E-state index contributed by atoms with van der Waals surface area (Å²) < 4.78 is 5.39. The maximum Gasteiger partial charge on any atom is 0.142 e. The first kappa shape index (κ1) is 13.4. The Balaban J connectivity index is 3.85. The van der Waals surface area contributed by atoms with E-state index in [1.165, 1.54) is 19.3 Å². The zero-order chi connectivity index (χ0) is 10.8. The third kappa shape index (κ3) is 5.92. The predicted molar refractivity (Wildman–Crippen MR) is 59.3 cm³/mol. The van der Waals surface area contributed by atoms with Gasteiger partial charge in [0.15, 0.2) is 0 Å². The van der Waals surface area contributed by atoms with Gasteiger partial charge in [-0.2, -0.15) is 0 Å². The quantitative estimate of drug-likeness (QED) is 0.340. The highest BCUT2D eigenvalue weighted by Gasteiger charge is 2.12. The van der Waals surface area contributed by atoms with Crippen molar-refractivity contribution in [2.24, 2.45) is 5.92 Å². The number of hydrogen-bond acceptors (Lipinski definition) is 2. The fourth-order valence-corrected chi connectivity index (χ4v) is 1.54. The van der Waals surface area contributed by atoms with Gasteiger partial charge < -0.3 is 4.74 Å². The summed E-state index contributed by atoms with van der Waals surface area (Å²) in [6.07, 6.45) is 9.29. The van der Waals surface area contributed by atoms with Crippen molar-refractivity contribution in [1.82, 2.24) is 0 Å². The Kier molecular flexibility index (Phi) is 8.54. The molecule has 0 amide bonds. The van der Waals surface area contributed by atoms with Gasteiger partial charge in [-0.25, -0.2) is 0 Å². The van der Waals surface area contributed by atoms with Crippen LogP contribution >= 0.6 is 0 Å². The van der Waals surface area contributed by atoms with Gasteiger partial charge in [0.25, 0.3) is 0 Å². The van der Waals surface area contributed by atoms with Crippen molar-refractivity contribution in [2.75, 3.05) is 7.11 Å². The number of allylic oxidation sites excluding steroid dienone is 1. The lowest BCUT2D eigenvalue weighted by molar-refractivity contribution is -0.104. The number of aldehydes is 1. The smallest absolute Gasteiger partial charge is 0.142 e. The molecule has 0 radical (unpaired) electrons. The van der Waals surface area contributed by atoms with Crippen molar-refractivity contribution in [1.29, 1.82) is 0 Å². The van der Waals surface area contributed by atoms with Crippen LogP contribution in [0.5, 0.6) is 0 Å². The van der Waals surface area contributed by atoms with Crippen LogP contribution in [-0.4, -0.2) is 19.5 Å². The van der Waals surface area contributed by atoms with Crippen molar-refractivity contribution < 1.29 is 9.53 Å². The van der Waals surface area contributed by atoms with Crippen molar-refractivity contribution in [3.8, 4) is 0 Å². The summed E-state index contributed by atoms with van der Waals surface area (Å²) in [6.45, 7) is 4.28. The average Bonchev–Trinajstić information content (AvgIpc) is 2.21. The summed E-state index contributed by atoms with van der Waals surface area (Å²) in [5.74, 6) is 0.321. The maximum atomic E-state index is 10.2. The summed E-state index contributed by atoms with van der Waals surface area (Å²) in [5, 5.41) is 0. The Morgan fingerprint density at radius 2 is 2.07 bits per heavy atom. The SMILES string of the molecule is CCCCCC(OC)C(C)/C=C/C=O. The van der Waals surface area contributed by atoms with Gasteiger partial charge in [-0.05, 0) is 12.5 Å². The Hall–Kier alpha value is -0.630. The monoisotopic (exact) mass is 198 g/mol. The Bertz CT molecular complexity index is 164. The molecular formula is C12H22O2. The molecule has 0 aromatic carbocycles. The molecule has 0 aromatic heterocycles. The standard InChI is InChI=1S/C12H22O2/c1-4-5-6-9-12(14-3)11(2)8-7-10-13/h7-8,10-12H,4-6,9H2,1-3H3/b8-7+. The highest BCUT2D eigenvalue weighted by molar-refractivity contribution is 5.64. The Morgan fingerprint density at radius 1 is 1.36 bits per heavy atom. The van der Waals surface area contributed by atoms with E-state index in [9.17, 15) is 4.79 Å². The largest absolute Gasteiger partial charge is 0.381 e. The van der Waals surface area contributed by atoms with Gasteiger partial charge in [0.1, 0.15) is 6.29 Å². The summed E-state index contributed by atoms with van der Waals surface area (Å²) >= 11 is 0. The lowest BCUT2D eigenvalue weighted by atomic mass is 9.98. The molecule has 0 N–H and O–H groups in total. The third-order valence-electron chi connectivity index (χ3n) is 2.47. The van der Waals surface area contributed by atoms with Gasteiger partial charge in [0.05, 0.1) is 6.10 Å². The molecule has 0 aliphatic carbocycles. The second kappa shape index (κ2) is 8.95. The first-order valence-electron chi connectivity index (χ1n) is 5.41. The molecule has 0 rings (SSSR count). The van der Waals surface area contributed by atoms with E-state index in [-0.39, 0.29) is 6.10 Å². The molecule has 14 heavy (non-hydrogen) atoms. The van der Waals surface area contributed by atoms with Crippen molar-refractivity contribution in [2.45, 2.75) is 45.6 Å². The molecule has 2 nitrogen and oxygen atoms in total. The summed E-state index contributed by atoms with van der Waals surface area (Å²) in [4.78, 5) is 10.2. The molecule has 0 saturated carbocycles. The molecule has 0 saturated heterocycles. The molecule has 0 aliphatic rings.